The molecule has 6 nitrogen and oxygen atoms in total. The maximum absolute atomic E-state index is 12.9. The molecular formula is C13H17FN4O2S. The minimum Gasteiger partial charge on any atom is -0.386 e. The Hall–Kier alpha value is -1.80. The number of benzene rings is 1. The summed E-state index contributed by atoms with van der Waals surface area (Å²) in [6.07, 6.45) is 2.93. The van der Waals surface area contributed by atoms with Gasteiger partial charge in [-0.15, -0.1) is 0 Å². The molecule has 0 aromatic heterocycles. The molecule has 0 aliphatic carbocycles. The molecule has 3 N–H and O–H groups in total. The van der Waals surface area contributed by atoms with E-state index in [1.165, 1.54) is 16.4 Å². The van der Waals surface area contributed by atoms with E-state index >= 15 is 0 Å². The van der Waals surface area contributed by atoms with Gasteiger partial charge in [0.05, 0.1) is 10.9 Å². The first kappa shape index (κ1) is 15.6. The van der Waals surface area contributed by atoms with Crippen LogP contribution in [0.15, 0.2) is 34.2 Å². The second-order valence-corrected chi connectivity index (χ2v) is 6.65. The molecule has 1 aliphatic rings. The number of piperidine rings is 1. The van der Waals surface area contributed by atoms with Gasteiger partial charge in [-0.05, 0) is 37.1 Å². The first-order valence-corrected chi connectivity index (χ1v) is 8.00. The highest BCUT2D eigenvalue weighted by Crippen LogP contribution is 2.25. The Balaban J connectivity index is 2.38. The zero-order chi connectivity index (χ0) is 15.5. The summed E-state index contributed by atoms with van der Waals surface area (Å²) in [6, 6.07) is 4.14. The largest absolute Gasteiger partial charge is 0.386 e. The van der Waals surface area contributed by atoms with Crippen LogP contribution in [-0.2, 0) is 10.0 Å². The number of hydrogen-bond acceptors (Lipinski definition) is 3. The second kappa shape index (κ2) is 6.31. The minimum absolute atomic E-state index is 0.0263. The van der Waals surface area contributed by atoms with Crippen LogP contribution in [0, 0.1) is 11.2 Å². The molecular weight excluding hydrogens is 295 g/mol. The van der Waals surface area contributed by atoms with E-state index in [1.807, 2.05) is 0 Å². The van der Waals surface area contributed by atoms with Crippen molar-refractivity contribution in [3.8, 4) is 0 Å². The zero-order valence-electron chi connectivity index (χ0n) is 11.4. The number of nitrogens with one attached hydrogen (secondary N) is 1. The molecule has 114 valence electrons. The third-order valence-corrected chi connectivity index (χ3v) is 5.35. The Morgan fingerprint density at radius 1 is 1.38 bits per heavy atom. The summed E-state index contributed by atoms with van der Waals surface area (Å²) in [5, 5.41) is 6.96. The molecule has 0 saturated carbocycles. The molecule has 0 radical (unpaired) electrons. The van der Waals surface area contributed by atoms with E-state index in [9.17, 15) is 12.8 Å². The minimum atomic E-state index is -3.76. The van der Waals surface area contributed by atoms with Crippen LogP contribution in [0.2, 0.25) is 0 Å². The fourth-order valence-electron chi connectivity index (χ4n) is 2.39. The summed E-state index contributed by atoms with van der Waals surface area (Å²) in [5.41, 5.74) is 5.78. The fourth-order valence-corrected chi connectivity index (χ4v) is 4.06. The molecule has 1 aliphatic heterocycles. The molecule has 1 aromatic carbocycles. The molecule has 2 rings (SSSR count). The van der Waals surface area contributed by atoms with E-state index in [4.69, 9.17) is 11.1 Å². The van der Waals surface area contributed by atoms with Crippen LogP contribution in [0.3, 0.4) is 0 Å². The van der Waals surface area contributed by atoms with Crippen LogP contribution >= 0.6 is 0 Å². The van der Waals surface area contributed by atoms with Gasteiger partial charge >= 0.3 is 0 Å². The Bertz CT molecular complexity index is 643. The van der Waals surface area contributed by atoms with Crippen LogP contribution < -0.4 is 5.73 Å². The van der Waals surface area contributed by atoms with Gasteiger partial charge in [-0.25, -0.2) is 17.8 Å². The second-order valence-electron chi connectivity index (χ2n) is 4.76. The van der Waals surface area contributed by atoms with E-state index in [2.05, 4.69) is 4.99 Å². The fraction of sp³-hybridized carbons (Fsp3) is 0.385. The Morgan fingerprint density at radius 2 is 2.05 bits per heavy atom. The monoisotopic (exact) mass is 312 g/mol. The van der Waals surface area contributed by atoms with E-state index in [1.54, 1.807) is 0 Å². The van der Waals surface area contributed by atoms with Gasteiger partial charge in [0.25, 0.3) is 0 Å². The number of nitrogens with zero attached hydrogens (tertiary/aromatic N) is 2. The van der Waals surface area contributed by atoms with Crippen LogP contribution in [0.25, 0.3) is 0 Å². The predicted octanol–water partition coefficient (Wildman–Crippen LogP) is 1.33. The standard InChI is InChI=1S/C13H17FN4O2S/c14-10-4-6-11(7-5-10)21(19,20)18-8-2-1-3-12(18)13(16)17-9-15/h4-7,9,12H,1-3,8H2,(H3,15,16,17)/t12-/m0/s1. The molecule has 0 bridgehead atoms. The lowest BCUT2D eigenvalue weighted by molar-refractivity contribution is 0.304. The number of rotatable bonds is 4. The lowest BCUT2D eigenvalue weighted by Gasteiger charge is -2.34. The van der Waals surface area contributed by atoms with Crippen molar-refractivity contribution in [3.63, 3.8) is 0 Å². The van der Waals surface area contributed by atoms with Gasteiger partial charge in [-0.1, -0.05) is 6.42 Å². The highest BCUT2D eigenvalue weighted by Gasteiger charge is 2.35. The van der Waals surface area contributed by atoms with Gasteiger partial charge in [0, 0.05) is 6.54 Å². The first-order valence-electron chi connectivity index (χ1n) is 6.56. The Morgan fingerprint density at radius 3 is 2.67 bits per heavy atom. The molecule has 0 unspecified atom stereocenters. The summed E-state index contributed by atoms with van der Waals surface area (Å²) < 4.78 is 39.5. The molecule has 1 heterocycles. The van der Waals surface area contributed by atoms with Gasteiger partial charge in [-0.2, -0.15) is 4.31 Å². The summed E-state index contributed by atoms with van der Waals surface area (Å²) in [6.45, 7) is 0.332. The van der Waals surface area contributed by atoms with Crippen molar-refractivity contribution >= 4 is 22.2 Å². The van der Waals surface area contributed by atoms with Crippen LogP contribution in [0.1, 0.15) is 19.3 Å². The number of aliphatic imine (C=N–C) groups is 1. The van der Waals surface area contributed by atoms with Crippen molar-refractivity contribution in [2.45, 2.75) is 30.2 Å². The number of amidine groups is 1. The Kier molecular flexibility index (Phi) is 4.69. The van der Waals surface area contributed by atoms with Crippen molar-refractivity contribution in [3.05, 3.63) is 30.1 Å². The molecule has 0 spiro atoms. The van der Waals surface area contributed by atoms with Crippen molar-refractivity contribution in [2.24, 2.45) is 10.7 Å². The van der Waals surface area contributed by atoms with Crippen molar-refractivity contribution in [2.75, 3.05) is 6.54 Å². The number of sulfonamides is 1. The molecule has 1 saturated heterocycles. The quantitative estimate of drug-likeness (QED) is 0.648. The molecule has 21 heavy (non-hydrogen) atoms. The molecule has 8 heteroatoms. The van der Waals surface area contributed by atoms with Crippen molar-refractivity contribution in [1.82, 2.24) is 4.31 Å². The normalized spacial score (nSPS) is 21.2. The molecule has 1 atom stereocenters. The highest BCUT2D eigenvalue weighted by molar-refractivity contribution is 7.89. The smallest absolute Gasteiger partial charge is 0.243 e. The zero-order valence-corrected chi connectivity index (χ0v) is 12.2. The van der Waals surface area contributed by atoms with Crippen molar-refractivity contribution < 1.29 is 12.8 Å². The van der Waals surface area contributed by atoms with Gasteiger partial charge < -0.3 is 5.73 Å². The molecule has 1 fully saturated rings. The van der Waals surface area contributed by atoms with Crippen LogP contribution in [0.5, 0.6) is 0 Å². The third-order valence-electron chi connectivity index (χ3n) is 3.43. The van der Waals surface area contributed by atoms with E-state index in [0.717, 1.165) is 31.3 Å². The lowest BCUT2D eigenvalue weighted by Crippen LogP contribution is -2.50. The maximum Gasteiger partial charge on any atom is 0.243 e. The molecule has 0 amide bonds. The van der Waals surface area contributed by atoms with Crippen LogP contribution in [-0.4, -0.2) is 37.5 Å². The summed E-state index contributed by atoms with van der Waals surface area (Å²) in [7, 11) is -3.76. The van der Waals surface area contributed by atoms with E-state index in [-0.39, 0.29) is 10.7 Å². The highest BCUT2D eigenvalue weighted by atomic mass is 32.2. The summed E-state index contributed by atoms with van der Waals surface area (Å²) >= 11 is 0. The van der Waals surface area contributed by atoms with E-state index < -0.39 is 21.9 Å². The number of halogens is 1. The third kappa shape index (κ3) is 3.27. The van der Waals surface area contributed by atoms with Gasteiger partial charge in [-0.3, -0.25) is 5.41 Å². The first-order chi connectivity index (χ1) is 9.96. The lowest BCUT2D eigenvalue weighted by atomic mass is 10.0. The SMILES string of the molecule is N=CN=C(N)[C@@H]1CCCCN1S(=O)(=O)c1ccc(F)cc1. The van der Waals surface area contributed by atoms with Crippen molar-refractivity contribution in [1.29, 1.82) is 5.41 Å². The van der Waals surface area contributed by atoms with E-state index in [0.29, 0.717) is 13.0 Å². The summed E-state index contributed by atoms with van der Waals surface area (Å²) in [4.78, 5) is 3.72. The number of nitrogens with two attached hydrogens (primary N) is 1. The summed E-state index contributed by atoms with van der Waals surface area (Å²) in [5.74, 6) is -0.385. The van der Waals surface area contributed by atoms with Crippen LogP contribution in [0.4, 0.5) is 4.39 Å². The van der Waals surface area contributed by atoms with Gasteiger partial charge in [0.2, 0.25) is 10.0 Å². The average Bonchev–Trinajstić information content (AvgIpc) is 2.48. The molecule has 1 aromatic rings. The topological polar surface area (TPSA) is 99.6 Å². The predicted molar refractivity (Wildman–Crippen MR) is 78.3 cm³/mol. The number of hydrogen-bond donors (Lipinski definition) is 2. The van der Waals surface area contributed by atoms with Gasteiger partial charge in [0.1, 0.15) is 18.0 Å². The average molecular weight is 312 g/mol. The maximum atomic E-state index is 12.9. The Labute approximate surface area is 123 Å². The van der Waals surface area contributed by atoms with Gasteiger partial charge in [0.15, 0.2) is 0 Å².